The maximum Gasteiger partial charge on any atom is 0.135 e. The molecule has 0 atom stereocenters. The van der Waals surface area contributed by atoms with E-state index < -0.39 is 0 Å². The minimum atomic E-state index is -0.0870. The summed E-state index contributed by atoms with van der Waals surface area (Å²) in [5, 5.41) is 9.89. The lowest BCUT2D eigenvalue weighted by Crippen LogP contribution is -2.15. The van der Waals surface area contributed by atoms with Gasteiger partial charge in [0.15, 0.2) is 0 Å². The second kappa shape index (κ2) is 10.8. The van der Waals surface area contributed by atoms with Crippen LogP contribution in [0.15, 0.2) is 174 Å². The SMILES string of the molecule is CC1(C)c2cc(-c3cccc(-c4c5ccccc5c(-c5ccc6oc7ccccc7c6c5)c5ccccc45)c3)ccc2-c2cc3ccccc3cc21. The summed E-state index contributed by atoms with van der Waals surface area (Å²) >= 11 is 0. The number of hydrogen-bond donors (Lipinski definition) is 0. The third-order valence-electron chi connectivity index (χ3n) is 11.6. The van der Waals surface area contributed by atoms with Crippen molar-refractivity contribution in [3.8, 4) is 44.5 Å². The average Bonchev–Trinajstić information content (AvgIpc) is 3.67. The first-order chi connectivity index (χ1) is 25.5. The van der Waals surface area contributed by atoms with E-state index in [0.29, 0.717) is 0 Å². The Morgan fingerprint density at radius 2 is 0.865 bits per heavy atom. The number of fused-ring (bicyclic) bond motifs is 9. The lowest BCUT2D eigenvalue weighted by atomic mass is 9.81. The lowest BCUT2D eigenvalue weighted by molar-refractivity contribution is 0.661. The molecule has 0 unspecified atom stereocenters. The van der Waals surface area contributed by atoms with E-state index in [-0.39, 0.29) is 5.41 Å². The average molecular weight is 663 g/mol. The second-order valence-corrected chi connectivity index (χ2v) is 14.9. The summed E-state index contributed by atoms with van der Waals surface area (Å²) < 4.78 is 6.21. The zero-order chi connectivity index (χ0) is 34.6. The fourth-order valence-electron chi connectivity index (χ4n) is 9.09. The van der Waals surface area contributed by atoms with Crippen molar-refractivity contribution >= 4 is 54.3 Å². The maximum atomic E-state index is 6.21. The number of hydrogen-bond acceptors (Lipinski definition) is 1. The molecule has 0 saturated heterocycles. The van der Waals surface area contributed by atoms with Gasteiger partial charge in [0.2, 0.25) is 0 Å². The monoisotopic (exact) mass is 662 g/mol. The van der Waals surface area contributed by atoms with Gasteiger partial charge in [0.25, 0.3) is 0 Å². The maximum absolute atomic E-state index is 6.21. The predicted molar refractivity (Wildman–Crippen MR) is 220 cm³/mol. The van der Waals surface area contributed by atoms with E-state index in [1.54, 1.807) is 0 Å². The highest BCUT2D eigenvalue weighted by Gasteiger charge is 2.36. The molecule has 0 saturated carbocycles. The Morgan fingerprint density at radius 3 is 1.58 bits per heavy atom. The van der Waals surface area contributed by atoms with Crippen LogP contribution >= 0.6 is 0 Å². The molecule has 0 bridgehead atoms. The standard InChI is InChI=1S/C51H34O/c1-51(2)45-30-34(22-24-37(45)43-27-32-12-3-4-13-33(32)29-46(43)51)31-14-11-15-35(26-31)49-39-17-5-7-19-41(39)50(42-20-8-6-18-40(42)49)36-23-25-48-44(28-36)38-16-9-10-21-47(38)52-48/h3-30H,1-2H3. The highest BCUT2D eigenvalue weighted by Crippen LogP contribution is 2.51. The normalized spacial score (nSPS) is 13.3. The van der Waals surface area contributed by atoms with Gasteiger partial charge < -0.3 is 4.42 Å². The van der Waals surface area contributed by atoms with Crippen molar-refractivity contribution in [3.05, 3.63) is 181 Å². The van der Waals surface area contributed by atoms with Crippen molar-refractivity contribution in [1.82, 2.24) is 0 Å². The van der Waals surface area contributed by atoms with Crippen LogP contribution in [0, 0.1) is 0 Å². The molecule has 0 N–H and O–H groups in total. The van der Waals surface area contributed by atoms with Gasteiger partial charge in [0, 0.05) is 16.2 Å². The summed E-state index contributed by atoms with van der Waals surface area (Å²) in [7, 11) is 0. The van der Waals surface area contributed by atoms with Gasteiger partial charge in [-0.3, -0.25) is 0 Å². The van der Waals surface area contributed by atoms with Crippen molar-refractivity contribution in [2.45, 2.75) is 19.3 Å². The van der Waals surface area contributed by atoms with E-state index >= 15 is 0 Å². The first-order valence-corrected chi connectivity index (χ1v) is 18.2. The summed E-state index contributed by atoms with van der Waals surface area (Å²) in [6.45, 7) is 4.75. The first-order valence-electron chi connectivity index (χ1n) is 18.2. The first kappa shape index (κ1) is 29.3. The van der Waals surface area contributed by atoms with Crippen LogP contribution in [0.4, 0.5) is 0 Å². The minimum Gasteiger partial charge on any atom is -0.456 e. The molecule has 11 rings (SSSR count). The molecular weight excluding hydrogens is 629 g/mol. The zero-order valence-electron chi connectivity index (χ0n) is 29.1. The molecule has 0 aliphatic heterocycles. The molecule has 1 nitrogen and oxygen atoms in total. The van der Waals surface area contributed by atoms with E-state index in [0.717, 1.165) is 21.9 Å². The Hall–Kier alpha value is -6.44. The predicted octanol–water partition coefficient (Wildman–Crippen LogP) is 14.4. The molecular formula is C51H34O. The van der Waals surface area contributed by atoms with Gasteiger partial charge >= 0.3 is 0 Å². The van der Waals surface area contributed by atoms with Crippen LogP contribution < -0.4 is 0 Å². The molecule has 1 aliphatic rings. The van der Waals surface area contributed by atoms with Crippen molar-refractivity contribution in [3.63, 3.8) is 0 Å². The molecule has 244 valence electrons. The summed E-state index contributed by atoms with van der Waals surface area (Å²) in [5.41, 5.74) is 14.7. The van der Waals surface area contributed by atoms with E-state index in [1.165, 1.54) is 88.0 Å². The van der Waals surface area contributed by atoms with Crippen molar-refractivity contribution in [2.24, 2.45) is 0 Å². The van der Waals surface area contributed by atoms with Gasteiger partial charge in [-0.2, -0.15) is 0 Å². The van der Waals surface area contributed by atoms with Crippen LogP contribution in [0.25, 0.3) is 98.8 Å². The molecule has 0 amide bonds. The Kier molecular flexibility index (Phi) is 6.08. The van der Waals surface area contributed by atoms with Crippen LogP contribution in [-0.2, 0) is 5.41 Å². The van der Waals surface area contributed by atoms with E-state index in [2.05, 4.69) is 172 Å². The van der Waals surface area contributed by atoms with Crippen LogP contribution in [-0.4, -0.2) is 0 Å². The van der Waals surface area contributed by atoms with E-state index in [9.17, 15) is 0 Å². The number of benzene rings is 9. The van der Waals surface area contributed by atoms with Gasteiger partial charge in [-0.15, -0.1) is 0 Å². The highest BCUT2D eigenvalue weighted by atomic mass is 16.3. The van der Waals surface area contributed by atoms with Crippen LogP contribution in [0.3, 0.4) is 0 Å². The summed E-state index contributed by atoms with van der Waals surface area (Å²) in [5.74, 6) is 0. The van der Waals surface area contributed by atoms with Crippen molar-refractivity contribution in [2.75, 3.05) is 0 Å². The molecule has 9 aromatic carbocycles. The summed E-state index contributed by atoms with van der Waals surface area (Å²) in [6, 6.07) is 62.6. The van der Waals surface area contributed by atoms with E-state index in [4.69, 9.17) is 4.42 Å². The minimum absolute atomic E-state index is 0.0870. The number of rotatable bonds is 3. The molecule has 0 fully saturated rings. The fourth-order valence-corrected chi connectivity index (χ4v) is 9.09. The van der Waals surface area contributed by atoms with Crippen LogP contribution in [0.5, 0.6) is 0 Å². The van der Waals surface area contributed by atoms with Crippen molar-refractivity contribution < 1.29 is 4.42 Å². The molecule has 1 heteroatoms. The second-order valence-electron chi connectivity index (χ2n) is 14.9. The Bertz CT molecular complexity index is 3040. The van der Waals surface area contributed by atoms with Crippen molar-refractivity contribution in [1.29, 1.82) is 0 Å². The quantitative estimate of drug-likeness (QED) is 0.172. The van der Waals surface area contributed by atoms with E-state index in [1.807, 2.05) is 12.1 Å². The molecule has 10 aromatic rings. The zero-order valence-corrected chi connectivity index (χ0v) is 29.1. The molecule has 0 radical (unpaired) electrons. The molecule has 1 aromatic heterocycles. The Balaban J connectivity index is 1.09. The number of para-hydroxylation sites is 1. The summed E-state index contributed by atoms with van der Waals surface area (Å²) in [6.07, 6.45) is 0. The molecule has 52 heavy (non-hydrogen) atoms. The van der Waals surface area contributed by atoms with Gasteiger partial charge in [-0.05, 0) is 130 Å². The third kappa shape index (κ3) is 4.17. The van der Waals surface area contributed by atoms with Gasteiger partial charge in [0.05, 0.1) is 0 Å². The highest BCUT2D eigenvalue weighted by molar-refractivity contribution is 6.22. The molecule has 1 heterocycles. The number of furan rings is 1. The lowest BCUT2D eigenvalue weighted by Gasteiger charge is -2.22. The Morgan fingerprint density at radius 1 is 0.346 bits per heavy atom. The van der Waals surface area contributed by atoms with Crippen LogP contribution in [0.1, 0.15) is 25.0 Å². The largest absolute Gasteiger partial charge is 0.456 e. The van der Waals surface area contributed by atoms with Gasteiger partial charge in [0.1, 0.15) is 11.2 Å². The topological polar surface area (TPSA) is 13.1 Å². The molecule has 1 aliphatic carbocycles. The third-order valence-corrected chi connectivity index (χ3v) is 11.6. The summed E-state index contributed by atoms with van der Waals surface area (Å²) in [4.78, 5) is 0. The Labute approximate surface area is 302 Å². The van der Waals surface area contributed by atoms with Gasteiger partial charge in [-0.25, -0.2) is 0 Å². The molecule has 0 spiro atoms. The van der Waals surface area contributed by atoms with Crippen LogP contribution in [0.2, 0.25) is 0 Å². The smallest absolute Gasteiger partial charge is 0.135 e. The van der Waals surface area contributed by atoms with Gasteiger partial charge in [-0.1, -0.05) is 141 Å². The fraction of sp³-hybridized carbons (Fsp3) is 0.0588.